The molecule has 5 nitrogen and oxygen atoms in total. The molecule has 26 heavy (non-hydrogen) atoms. The minimum atomic E-state index is -0.154. The van der Waals surface area contributed by atoms with Crippen molar-refractivity contribution >= 4 is 11.6 Å². The molecule has 0 atom stereocenters. The lowest BCUT2D eigenvalue weighted by Crippen LogP contribution is -2.29. The minimum Gasteiger partial charge on any atom is -0.479 e. The number of nitrogens with one attached hydrogen (secondary N) is 1. The van der Waals surface area contributed by atoms with E-state index >= 15 is 0 Å². The lowest BCUT2D eigenvalue weighted by Gasteiger charge is -2.24. The van der Waals surface area contributed by atoms with Gasteiger partial charge in [-0.2, -0.15) is 5.26 Å². The quantitative estimate of drug-likeness (QED) is 0.778. The van der Waals surface area contributed by atoms with Crippen molar-refractivity contribution in [1.82, 2.24) is 4.90 Å². The molecule has 0 spiro atoms. The number of ether oxygens (including phenoxy) is 1. The lowest BCUT2D eigenvalue weighted by atomic mass is 10.1. The molecule has 5 heteroatoms. The number of nitrogens with zero attached hydrogens (tertiary/aromatic N) is 2. The first-order chi connectivity index (χ1) is 12.5. The standard InChI is InChI=1S/C21H25N3O2/c1-4-24(16(2)3)15-17-5-7-18(8-6-17)21(25)23-19-9-11-20(12-10-19)26-14-13-22/h5-12,16H,4,14-15H2,1-3H3,(H,23,25). The highest BCUT2D eigenvalue weighted by Crippen LogP contribution is 2.17. The minimum absolute atomic E-state index is 0.00429. The summed E-state index contributed by atoms with van der Waals surface area (Å²) in [5.74, 6) is 0.443. The van der Waals surface area contributed by atoms with Crippen LogP contribution >= 0.6 is 0 Å². The van der Waals surface area contributed by atoms with E-state index in [0.717, 1.165) is 13.1 Å². The Hall–Kier alpha value is -2.84. The van der Waals surface area contributed by atoms with Gasteiger partial charge in [-0.1, -0.05) is 19.1 Å². The van der Waals surface area contributed by atoms with Crippen molar-refractivity contribution in [2.24, 2.45) is 0 Å². The number of amides is 1. The molecule has 1 amide bonds. The van der Waals surface area contributed by atoms with Gasteiger partial charge in [0.1, 0.15) is 11.8 Å². The largest absolute Gasteiger partial charge is 0.479 e. The Morgan fingerprint density at radius 3 is 2.35 bits per heavy atom. The molecule has 0 bridgehead atoms. The maximum absolute atomic E-state index is 12.4. The van der Waals surface area contributed by atoms with E-state index in [1.54, 1.807) is 24.3 Å². The molecule has 0 aliphatic heterocycles. The number of nitriles is 1. The predicted octanol–water partition coefficient (Wildman–Crippen LogP) is 4.07. The summed E-state index contributed by atoms with van der Waals surface area (Å²) in [7, 11) is 0. The van der Waals surface area contributed by atoms with Crippen LogP contribution in [-0.4, -0.2) is 30.0 Å². The highest BCUT2D eigenvalue weighted by molar-refractivity contribution is 6.04. The molecule has 0 saturated heterocycles. The number of carbonyl (C=O) groups is 1. The molecule has 0 fully saturated rings. The second-order valence-electron chi connectivity index (χ2n) is 6.28. The van der Waals surface area contributed by atoms with Crippen LogP contribution in [0.5, 0.6) is 5.75 Å². The third kappa shape index (κ3) is 5.61. The van der Waals surface area contributed by atoms with E-state index in [-0.39, 0.29) is 12.5 Å². The van der Waals surface area contributed by atoms with Crippen molar-refractivity contribution in [3.63, 3.8) is 0 Å². The van der Waals surface area contributed by atoms with Gasteiger partial charge in [-0.15, -0.1) is 0 Å². The van der Waals surface area contributed by atoms with Gasteiger partial charge in [-0.3, -0.25) is 9.69 Å². The SMILES string of the molecule is CCN(Cc1ccc(C(=O)Nc2ccc(OCC#N)cc2)cc1)C(C)C. The zero-order valence-electron chi connectivity index (χ0n) is 15.5. The Morgan fingerprint density at radius 2 is 1.81 bits per heavy atom. The molecular formula is C21H25N3O2. The number of hydrogen-bond acceptors (Lipinski definition) is 4. The number of rotatable bonds is 8. The highest BCUT2D eigenvalue weighted by atomic mass is 16.5. The van der Waals surface area contributed by atoms with Gasteiger partial charge < -0.3 is 10.1 Å². The normalized spacial score (nSPS) is 10.6. The number of carbonyl (C=O) groups excluding carboxylic acids is 1. The molecule has 2 aromatic carbocycles. The summed E-state index contributed by atoms with van der Waals surface area (Å²) in [5, 5.41) is 11.4. The maximum atomic E-state index is 12.4. The van der Waals surface area contributed by atoms with Crippen LogP contribution in [0, 0.1) is 11.3 Å². The predicted molar refractivity (Wildman–Crippen MR) is 103 cm³/mol. The van der Waals surface area contributed by atoms with Crippen molar-refractivity contribution in [3.8, 4) is 11.8 Å². The molecule has 0 unspecified atom stereocenters. The van der Waals surface area contributed by atoms with Crippen LogP contribution in [-0.2, 0) is 6.54 Å². The van der Waals surface area contributed by atoms with Crippen LogP contribution in [0.1, 0.15) is 36.7 Å². The second kappa shape index (κ2) is 9.59. The molecule has 136 valence electrons. The summed E-state index contributed by atoms with van der Waals surface area (Å²) in [6.07, 6.45) is 0. The van der Waals surface area contributed by atoms with Gasteiger partial charge in [0.05, 0.1) is 0 Å². The molecule has 2 rings (SSSR count). The molecule has 0 aliphatic carbocycles. The van der Waals surface area contributed by atoms with Gasteiger partial charge in [0, 0.05) is 23.8 Å². The molecule has 0 aromatic heterocycles. The summed E-state index contributed by atoms with van der Waals surface area (Å²) in [6, 6.07) is 17.1. The Kier molecular flexibility index (Phi) is 7.19. The van der Waals surface area contributed by atoms with Gasteiger partial charge in [-0.05, 0) is 62.4 Å². The Bertz CT molecular complexity index is 746. The summed E-state index contributed by atoms with van der Waals surface area (Å²) in [5.41, 5.74) is 2.49. The van der Waals surface area contributed by atoms with Crippen LogP contribution in [0.2, 0.25) is 0 Å². The van der Waals surface area contributed by atoms with Crippen molar-refractivity contribution < 1.29 is 9.53 Å². The maximum Gasteiger partial charge on any atom is 0.255 e. The molecule has 2 aromatic rings. The zero-order valence-corrected chi connectivity index (χ0v) is 15.5. The smallest absolute Gasteiger partial charge is 0.255 e. The molecule has 0 heterocycles. The van der Waals surface area contributed by atoms with Gasteiger partial charge in [0.2, 0.25) is 0 Å². The third-order valence-corrected chi connectivity index (χ3v) is 4.15. The number of anilines is 1. The Morgan fingerprint density at radius 1 is 1.15 bits per heavy atom. The molecular weight excluding hydrogens is 326 g/mol. The zero-order chi connectivity index (χ0) is 18.9. The van der Waals surface area contributed by atoms with Crippen molar-refractivity contribution in [2.45, 2.75) is 33.4 Å². The van der Waals surface area contributed by atoms with Gasteiger partial charge in [-0.25, -0.2) is 0 Å². The summed E-state index contributed by atoms with van der Waals surface area (Å²) < 4.78 is 5.19. The van der Waals surface area contributed by atoms with E-state index in [4.69, 9.17) is 10.00 Å². The third-order valence-electron chi connectivity index (χ3n) is 4.15. The fourth-order valence-electron chi connectivity index (χ4n) is 2.61. The summed E-state index contributed by atoms with van der Waals surface area (Å²) in [6.45, 7) is 8.39. The lowest BCUT2D eigenvalue weighted by molar-refractivity contribution is 0.102. The average Bonchev–Trinajstić information content (AvgIpc) is 2.65. The highest BCUT2D eigenvalue weighted by Gasteiger charge is 2.10. The average molecular weight is 351 g/mol. The van der Waals surface area contributed by atoms with Crippen LogP contribution in [0.4, 0.5) is 5.69 Å². The number of benzene rings is 2. The van der Waals surface area contributed by atoms with Gasteiger partial charge in [0.15, 0.2) is 6.61 Å². The van der Waals surface area contributed by atoms with E-state index in [2.05, 4.69) is 31.0 Å². The number of hydrogen-bond donors (Lipinski definition) is 1. The first-order valence-electron chi connectivity index (χ1n) is 8.77. The van der Waals surface area contributed by atoms with Crippen LogP contribution in [0.15, 0.2) is 48.5 Å². The Balaban J connectivity index is 1.96. The monoisotopic (exact) mass is 351 g/mol. The van der Waals surface area contributed by atoms with Crippen molar-refractivity contribution in [2.75, 3.05) is 18.5 Å². The van der Waals surface area contributed by atoms with E-state index in [0.29, 0.717) is 23.0 Å². The molecule has 0 aliphatic rings. The molecule has 0 saturated carbocycles. The fourth-order valence-corrected chi connectivity index (χ4v) is 2.61. The van der Waals surface area contributed by atoms with E-state index < -0.39 is 0 Å². The summed E-state index contributed by atoms with van der Waals surface area (Å²) >= 11 is 0. The second-order valence-corrected chi connectivity index (χ2v) is 6.28. The Labute approximate surface area is 155 Å². The topological polar surface area (TPSA) is 65.4 Å². The molecule has 1 N–H and O–H groups in total. The van der Waals surface area contributed by atoms with Crippen molar-refractivity contribution in [1.29, 1.82) is 5.26 Å². The van der Waals surface area contributed by atoms with Crippen LogP contribution in [0.3, 0.4) is 0 Å². The van der Waals surface area contributed by atoms with Gasteiger partial charge in [0.25, 0.3) is 5.91 Å². The van der Waals surface area contributed by atoms with Crippen LogP contribution < -0.4 is 10.1 Å². The summed E-state index contributed by atoms with van der Waals surface area (Å²) in [4.78, 5) is 14.7. The van der Waals surface area contributed by atoms with E-state index in [1.165, 1.54) is 5.56 Å². The fraction of sp³-hybridized carbons (Fsp3) is 0.333. The van der Waals surface area contributed by atoms with E-state index in [9.17, 15) is 4.79 Å². The first kappa shape index (κ1) is 19.5. The first-order valence-corrected chi connectivity index (χ1v) is 8.77. The van der Waals surface area contributed by atoms with E-state index in [1.807, 2.05) is 30.3 Å². The van der Waals surface area contributed by atoms with Crippen molar-refractivity contribution in [3.05, 3.63) is 59.7 Å². The molecule has 0 radical (unpaired) electrons. The van der Waals surface area contributed by atoms with Crippen LogP contribution in [0.25, 0.3) is 0 Å². The van der Waals surface area contributed by atoms with Gasteiger partial charge >= 0.3 is 0 Å².